The number of nitriles is 1. The number of terminal acetylenes is 1. The van der Waals surface area contributed by atoms with Crippen LogP contribution in [0.5, 0.6) is 0 Å². The van der Waals surface area contributed by atoms with E-state index in [4.69, 9.17) is 11.7 Å². The van der Waals surface area contributed by atoms with E-state index in [1.807, 2.05) is 6.07 Å². The first-order chi connectivity index (χ1) is 9.72. The van der Waals surface area contributed by atoms with Crippen LogP contribution in [0.1, 0.15) is 5.56 Å². The first-order valence-corrected chi connectivity index (χ1v) is 5.98. The quantitative estimate of drug-likeness (QED) is 0.815. The molecule has 1 aromatic heterocycles. The fourth-order valence-corrected chi connectivity index (χ4v) is 1.68. The third-order valence-corrected chi connectivity index (χ3v) is 2.64. The number of benzene rings is 1. The zero-order valence-corrected chi connectivity index (χ0v) is 10.7. The molecule has 5 nitrogen and oxygen atoms in total. The van der Waals surface area contributed by atoms with Gasteiger partial charge in [-0.3, -0.25) is 4.79 Å². The van der Waals surface area contributed by atoms with E-state index in [1.165, 1.54) is 0 Å². The number of rotatable bonds is 4. The number of carbonyl (C=O) groups is 1. The van der Waals surface area contributed by atoms with Crippen LogP contribution in [0.2, 0.25) is 0 Å². The Morgan fingerprint density at radius 1 is 1.35 bits per heavy atom. The minimum atomic E-state index is -0.190. The van der Waals surface area contributed by atoms with E-state index in [9.17, 15) is 4.79 Å². The van der Waals surface area contributed by atoms with Crippen LogP contribution in [0.15, 0.2) is 30.3 Å². The summed E-state index contributed by atoms with van der Waals surface area (Å²) < 4.78 is 0. The summed E-state index contributed by atoms with van der Waals surface area (Å²) in [5.74, 6) is 2.74. The third kappa shape index (κ3) is 3.24. The van der Waals surface area contributed by atoms with Crippen LogP contribution in [-0.2, 0) is 4.79 Å². The molecule has 0 bridgehead atoms. The highest BCUT2D eigenvalue weighted by atomic mass is 16.1. The van der Waals surface area contributed by atoms with Gasteiger partial charge >= 0.3 is 0 Å². The average Bonchev–Trinajstić information content (AvgIpc) is 2.50. The second-order valence-electron chi connectivity index (χ2n) is 4.05. The summed E-state index contributed by atoms with van der Waals surface area (Å²) in [7, 11) is 0. The summed E-state index contributed by atoms with van der Waals surface area (Å²) in [4.78, 5) is 15.8. The molecule has 2 rings (SSSR count). The van der Waals surface area contributed by atoms with Crippen LogP contribution in [0.4, 0.5) is 5.82 Å². The minimum absolute atomic E-state index is 0.108. The molecule has 0 fully saturated rings. The molecule has 98 valence electrons. The maximum atomic E-state index is 11.4. The Kier molecular flexibility index (Phi) is 4.16. The van der Waals surface area contributed by atoms with Gasteiger partial charge in [-0.2, -0.15) is 5.26 Å². The van der Waals surface area contributed by atoms with Gasteiger partial charge in [-0.25, -0.2) is 4.98 Å². The van der Waals surface area contributed by atoms with E-state index in [-0.39, 0.29) is 19.0 Å². The molecule has 5 heteroatoms. The van der Waals surface area contributed by atoms with Crippen LogP contribution in [0.25, 0.3) is 10.9 Å². The van der Waals surface area contributed by atoms with Gasteiger partial charge in [-0.05, 0) is 30.3 Å². The van der Waals surface area contributed by atoms with Crippen LogP contribution in [-0.4, -0.2) is 24.0 Å². The molecule has 0 aliphatic rings. The molecule has 0 atom stereocenters. The largest absolute Gasteiger partial charge is 0.361 e. The topological polar surface area (TPSA) is 77.8 Å². The summed E-state index contributed by atoms with van der Waals surface area (Å²) >= 11 is 0. The van der Waals surface area contributed by atoms with E-state index in [0.717, 1.165) is 10.9 Å². The minimum Gasteiger partial charge on any atom is -0.361 e. The molecule has 0 spiro atoms. The van der Waals surface area contributed by atoms with Crippen molar-refractivity contribution in [3.63, 3.8) is 0 Å². The number of nitrogens with one attached hydrogen (secondary N) is 2. The van der Waals surface area contributed by atoms with E-state index in [1.54, 1.807) is 24.3 Å². The summed E-state index contributed by atoms with van der Waals surface area (Å²) in [6.45, 7) is 0.319. The van der Waals surface area contributed by atoms with Gasteiger partial charge in [0, 0.05) is 5.39 Å². The van der Waals surface area contributed by atoms with Crippen molar-refractivity contribution >= 4 is 22.6 Å². The Bertz CT molecular complexity index is 725. The fourth-order valence-electron chi connectivity index (χ4n) is 1.68. The molecular formula is C15H12N4O. The maximum Gasteiger partial charge on any atom is 0.240 e. The first kappa shape index (κ1) is 13.4. The molecule has 0 aliphatic carbocycles. The van der Waals surface area contributed by atoms with Crippen molar-refractivity contribution in [3.05, 3.63) is 35.9 Å². The van der Waals surface area contributed by atoms with Crippen LogP contribution in [0, 0.1) is 23.7 Å². The Morgan fingerprint density at radius 3 is 2.95 bits per heavy atom. The molecule has 0 radical (unpaired) electrons. The van der Waals surface area contributed by atoms with Gasteiger partial charge < -0.3 is 10.6 Å². The van der Waals surface area contributed by atoms with Crippen molar-refractivity contribution in [1.82, 2.24) is 10.3 Å². The van der Waals surface area contributed by atoms with Crippen molar-refractivity contribution < 1.29 is 4.79 Å². The van der Waals surface area contributed by atoms with Crippen molar-refractivity contribution in [1.29, 1.82) is 5.26 Å². The number of carbonyl (C=O) groups excluding carboxylic acids is 1. The zero-order valence-electron chi connectivity index (χ0n) is 10.7. The van der Waals surface area contributed by atoms with E-state index < -0.39 is 0 Å². The van der Waals surface area contributed by atoms with Gasteiger partial charge in [0.05, 0.1) is 30.2 Å². The molecule has 1 amide bonds. The van der Waals surface area contributed by atoms with Gasteiger partial charge in [-0.1, -0.05) is 5.92 Å². The highest BCUT2D eigenvalue weighted by molar-refractivity contribution is 5.83. The molecular weight excluding hydrogens is 252 g/mol. The lowest BCUT2D eigenvalue weighted by Gasteiger charge is -2.06. The Morgan fingerprint density at radius 2 is 2.20 bits per heavy atom. The normalized spacial score (nSPS) is 9.50. The predicted octanol–water partition coefficient (Wildman–Crippen LogP) is 1.27. The van der Waals surface area contributed by atoms with Gasteiger partial charge in [0.2, 0.25) is 5.91 Å². The van der Waals surface area contributed by atoms with E-state index >= 15 is 0 Å². The lowest BCUT2D eigenvalue weighted by atomic mass is 10.1. The highest BCUT2D eigenvalue weighted by Crippen LogP contribution is 2.16. The number of pyridine rings is 1. The van der Waals surface area contributed by atoms with Crippen molar-refractivity contribution in [2.24, 2.45) is 0 Å². The van der Waals surface area contributed by atoms with Crippen LogP contribution >= 0.6 is 0 Å². The number of aromatic nitrogens is 1. The van der Waals surface area contributed by atoms with Crippen molar-refractivity contribution in [2.75, 3.05) is 18.4 Å². The lowest BCUT2D eigenvalue weighted by Crippen LogP contribution is -2.30. The molecule has 0 unspecified atom stereocenters. The Hall–Kier alpha value is -3.05. The van der Waals surface area contributed by atoms with Gasteiger partial charge in [-0.15, -0.1) is 6.42 Å². The van der Waals surface area contributed by atoms with E-state index in [0.29, 0.717) is 11.4 Å². The standard InChI is InChI=1S/C15H12N4O/c1-2-7-17-15(20)10-18-14-6-4-12-8-11(9-16)3-5-13(12)19-14/h1,3-6,8H,7,10H2,(H,17,20)(H,18,19). The number of fused-ring (bicyclic) bond motifs is 1. The number of anilines is 1. The van der Waals surface area contributed by atoms with Crippen LogP contribution in [0.3, 0.4) is 0 Å². The van der Waals surface area contributed by atoms with Gasteiger partial charge in [0.15, 0.2) is 0 Å². The number of amides is 1. The van der Waals surface area contributed by atoms with Gasteiger partial charge in [0.1, 0.15) is 5.82 Å². The lowest BCUT2D eigenvalue weighted by molar-refractivity contribution is -0.119. The summed E-state index contributed by atoms with van der Waals surface area (Å²) in [5, 5.41) is 15.2. The highest BCUT2D eigenvalue weighted by Gasteiger charge is 2.02. The number of hydrogen-bond acceptors (Lipinski definition) is 4. The Labute approximate surface area is 116 Å². The second kappa shape index (κ2) is 6.21. The summed E-state index contributed by atoms with van der Waals surface area (Å²) in [6.07, 6.45) is 5.05. The fraction of sp³-hybridized carbons (Fsp3) is 0.133. The SMILES string of the molecule is C#CCNC(=O)CNc1ccc2cc(C#N)ccc2n1. The van der Waals surface area contributed by atoms with Crippen LogP contribution < -0.4 is 10.6 Å². The molecule has 20 heavy (non-hydrogen) atoms. The van der Waals surface area contributed by atoms with Crippen molar-refractivity contribution in [3.8, 4) is 18.4 Å². The van der Waals surface area contributed by atoms with Gasteiger partial charge in [0.25, 0.3) is 0 Å². The summed E-state index contributed by atoms with van der Waals surface area (Å²) in [6, 6.07) is 10.9. The predicted molar refractivity (Wildman–Crippen MR) is 76.8 cm³/mol. The second-order valence-corrected chi connectivity index (χ2v) is 4.05. The monoisotopic (exact) mass is 264 g/mol. The molecule has 1 heterocycles. The maximum absolute atomic E-state index is 11.4. The number of hydrogen-bond donors (Lipinski definition) is 2. The summed E-state index contributed by atoms with van der Waals surface area (Å²) in [5.41, 5.74) is 1.35. The first-order valence-electron chi connectivity index (χ1n) is 5.98. The third-order valence-electron chi connectivity index (χ3n) is 2.64. The van der Waals surface area contributed by atoms with E-state index in [2.05, 4.69) is 27.6 Å². The molecule has 1 aromatic carbocycles. The number of nitrogens with zero attached hydrogens (tertiary/aromatic N) is 2. The molecule has 0 saturated heterocycles. The smallest absolute Gasteiger partial charge is 0.240 e. The molecule has 0 aliphatic heterocycles. The zero-order chi connectivity index (χ0) is 14.4. The Balaban J connectivity index is 2.07. The molecule has 0 saturated carbocycles. The average molecular weight is 264 g/mol. The molecule has 2 aromatic rings. The van der Waals surface area contributed by atoms with Crippen molar-refractivity contribution in [2.45, 2.75) is 0 Å². The molecule has 2 N–H and O–H groups in total.